The average Bonchev–Trinajstić information content (AvgIpc) is 3.51. The van der Waals surface area contributed by atoms with Gasteiger partial charge in [0.05, 0.1) is 0 Å². The quantitative estimate of drug-likeness (QED) is 0.0983. The molecule has 1 fully saturated rings. The Balaban J connectivity index is 1.36. The maximum Gasteiger partial charge on any atom is 0.410 e. The van der Waals surface area contributed by atoms with E-state index >= 15 is 0 Å². The summed E-state index contributed by atoms with van der Waals surface area (Å²) in [4.78, 5) is 57.6. The van der Waals surface area contributed by atoms with Crippen molar-refractivity contribution < 1.29 is 33.3 Å². The Kier molecular flexibility index (Phi) is 16.6. The van der Waals surface area contributed by atoms with Gasteiger partial charge < -0.3 is 34.5 Å². The van der Waals surface area contributed by atoms with Gasteiger partial charge in [0.15, 0.2) is 0 Å². The van der Waals surface area contributed by atoms with Crippen LogP contribution in [0.2, 0.25) is 0 Å². The molecule has 0 unspecified atom stereocenters. The Bertz CT molecular complexity index is 1440. The predicted molar refractivity (Wildman–Crippen MR) is 198 cm³/mol. The number of benzene rings is 1. The van der Waals surface area contributed by atoms with Crippen LogP contribution in [-0.4, -0.2) is 86.1 Å². The molecule has 1 aliphatic rings. The molecule has 51 heavy (non-hydrogen) atoms. The molecule has 2 atom stereocenters. The zero-order valence-corrected chi connectivity index (χ0v) is 32.0. The summed E-state index contributed by atoms with van der Waals surface area (Å²) in [6.07, 6.45) is 6.19. The molecule has 0 spiro atoms. The summed E-state index contributed by atoms with van der Waals surface area (Å²) in [5.41, 5.74) is 4.57. The number of carbonyl (C=O) groups excluding carboxylic acids is 3. The Morgan fingerprint density at radius 1 is 0.863 bits per heavy atom. The first kappa shape index (κ1) is 41.6. The second-order valence-electron chi connectivity index (χ2n) is 14.7. The van der Waals surface area contributed by atoms with Gasteiger partial charge in [0.1, 0.15) is 35.3 Å². The lowest BCUT2D eigenvalue weighted by atomic mass is 10.1. The number of anilines is 1. The van der Waals surface area contributed by atoms with Crippen LogP contribution in [0.4, 0.5) is 15.4 Å². The third-order valence-corrected chi connectivity index (χ3v) is 8.81. The lowest BCUT2D eigenvalue weighted by Crippen LogP contribution is -2.38. The summed E-state index contributed by atoms with van der Waals surface area (Å²) >= 11 is 1.47. The lowest BCUT2D eigenvalue weighted by Gasteiger charge is -2.28. The maximum atomic E-state index is 13.0. The molecule has 3 rings (SSSR count). The largest absolute Gasteiger partial charge is 0.462 e. The minimum atomic E-state index is -0.605. The smallest absolute Gasteiger partial charge is 0.410 e. The number of ether oxygens (including phenoxy) is 4. The van der Waals surface area contributed by atoms with Crippen LogP contribution >= 0.6 is 11.8 Å². The molecule has 2 heterocycles. The van der Waals surface area contributed by atoms with Gasteiger partial charge in [-0.1, -0.05) is 49.6 Å². The Morgan fingerprint density at radius 3 is 2.02 bits per heavy atom. The topological polar surface area (TPSA) is 156 Å². The van der Waals surface area contributed by atoms with Crippen molar-refractivity contribution in [2.45, 2.75) is 122 Å². The lowest BCUT2D eigenvalue weighted by molar-refractivity contribution is -0.147. The molecule has 1 aliphatic heterocycles. The minimum absolute atomic E-state index is 0.0929. The van der Waals surface area contributed by atoms with Gasteiger partial charge in [0, 0.05) is 44.5 Å². The highest BCUT2D eigenvalue weighted by atomic mass is 32.2. The number of rotatable bonds is 18. The first-order valence-corrected chi connectivity index (χ1v) is 18.9. The fourth-order valence-electron chi connectivity index (χ4n) is 5.25. The van der Waals surface area contributed by atoms with E-state index in [1.54, 1.807) is 16.0 Å². The van der Waals surface area contributed by atoms with Crippen molar-refractivity contribution >= 4 is 35.7 Å². The van der Waals surface area contributed by atoms with Crippen molar-refractivity contribution in [3.8, 4) is 0 Å². The molecule has 2 aromatic rings. The number of thioether (sulfide) groups is 1. The van der Waals surface area contributed by atoms with Crippen LogP contribution in [-0.2, 0) is 30.3 Å². The van der Waals surface area contributed by atoms with Crippen LogP contribution < -0.4 is 11.4 Å². The molecule has 2 N–H and O–H groups in total. The number of hydrogen-bond acceptors (Lipinski definition) is 11. The van der Waals surface area contributed by atoms with Gasteiger partial charge >= 0.3 is 23.8 Å². The zero-order chi connectivity index (χ0) is 37.4. The molecule has 1 saturated heterocycles. The fourth-order valence-corrected chi connectivity index (χ4v) is 6.24. The molecule has 14 heteroatoms. The van der Waals surface area contributed by atoms with E-state index in [1.807, 2.05) is 71.9 Å². The third kappa shape index (κ3) is 16.4. The van der Waals surface area contributed by atoms with Crippen molar-refractivity contribution in [3.63, 3.8) is 0 Å². The van der Waals surface area contributed by atoms with Gasteiger partial charge in [0.2, 0.25) is 0 Å². The maximum absolute atomic E-state index is 13.0. The number of unbranched alkanes of at least 4 members (excludes halogenated alkanes) is 5. The Hall–Kier alpha value is -3.78. The number of nitrogen functional groups attached to an aromatic ring is 1. The molecule has 284 valence electrons. The number of nitrogens with zero attached hydrogens (tertiary/aromatic N) is 4. The van der Waals surface area contributed by atoms with Crippen molar-refractivity contribution in [2.75, 3.05) is 37.7 Å². The van der Waals surface area contributed by atoms with Gasteiger partial charge in [-0.15, -0.1) is 11.8 Å². The fraction of sp³-hybridized carbons (Fsp3) is 0.649. The molecule has 13 nitrogen and oxygen atoms in total. The van der Waals surface area contributed by atoms with Gasteiger partial charge in [0.25, 0.3) is 0 Å². The highest BCUT2D eigenvalue weighted by molar-refractivity contribution is 8.00. The number of esters is 1. The van der Waals surface area contributed by atoms with E-state index in [4.69, 9.17) is 24.7 Å². The monoisotopic (exact) mass is 731 g/mol. The van der Waals surface area contributed by atoms with Gasteiger partial charge in [-0.2, -0.15) is 4.98 Å². The van der Waals surface area contributed by atoms with E-state index in [2.05, 4.69) is 4.98 Å². The van der Waals surface area contributed by atoms with Crippen LogP contribution in [0.15, 0.2) is 47.4 Å². The molecule has 1 aromatic carbocycles. The van der Waals surface area contributed by atoms with Crippen molar-refractivity contribution in [3.05, 3.63) is 58.6 Å². The van der Waals surface area contributed by atoms with Crippen LogP contribution in [0.5, 0.6) is 0 Å². The Labute approximate surface area is 306 Å². The number of carbonyl (C=O) groups is 3. The van der Waals surface area contributed by atoms with E-state index in [0.717, 1.165) is 44.1 Å². The first-order chi connectivity index (χ1) is 24.1. The summed E-state index contributed by atoms with van der Waals surface area (Å²) in [6, 6.07) is 11.4. The van der Waals surface area contributed by atoms with Gasteiger partial charge in [-0.05, 0) is 78.9 Å². The molecule has 0 aliphatic carbocycles. The molecule has 0 radical (unpaired) electrons. The number of aromatic nitrogens is 2. The predicted octanol–water partition coefficient (Wildman–Crippen LogP) is 6.75. The highest BCUT2D eigenvalue weighted by Gasteiger charge is 2.29. The normalized spacial score (nSPS) is 16.0. The molecule has 0 saturated carbocycles. The molecule has 1 aromatic heterocycles. The van der Waals surface area contributed by atoms with E-state index in [1.165, 1.54) is 22.4 Å². The highest BCUT2D eigenvalue weighted by Crippen LogP contribution is 2.31. The van der Waals surface area contributed by atoms with Crippen molar-refractivity contribution in [1.29, 1.82) is 0 Å². The van der Waals surface area contributed by atoms with Gasteiger partial charge in [-0.3, -0.25) is 9.36 Å². The summed E-state index contributed by atoms with van der Waals surface area (Å²) < 4.78 is 24.0. The van der Waals surface area contributed by atoms with E-state index < -0.39 is 23.1 Å². The average molecular weight is 732 g/mol. The summed E-state index contributed by atoms with van der Waals surface area (Å²) in [7, 11) is 0. The summed E-state index contributed by atoms with van der Waals surface area (Å²) in [5.74, 6) is 0.368. The molecule has 2 amide bonds. The van der Waals surface area contributed by atoms with E-state index in [-0.39, 0.29) is 42.4 Å². The van der Waals surface area contributed by atoms with Crippen LogP contribution in [0, 0.1) is 0 Å². The van der Waals surface area contributed by atoms with Gasteiger partial charge in [-0.25, -0.2) is 14.4 Å². The standard InChI is InChI=1S/C37H57N5O8S/c1-36(2,3)49-34(45)40(21-14-7-8-15-23-41(35(46)50-37(4,5)6)25-28-17-11-9-12-18-28)22-16-10-13-19-31(43)47-26-32-48-30(27-51-32)42-24-20-29(38)39-33(42)44/h9,11-12,17-18,20,24,30,32H,7-8,10,13-16,19,21-23,25-27H2,1-6H3,(H2,38,39,44)/t30-,32+/m0/s1. The second-order valence-corrected chi connectivity index (χ2v) is 15.9. The van der Waals surface area contributed by atoms with Crippen LogP contribution in [0.3, 0.4) is 0 Å². The molecular formula is C37H57N5O8S. The number of hydrogen-bond donors (Lipinski definition) is 1. The minimum Gasteiger partial charge on any atom is -0.462 e. The zero-order valence-electron chi connectivity index (χ0n) is 31.1. The first-order valence-electron chi connectivity index (χ1n) is 17.9. The SMILES string of the molecule is CC(C)(C)OC(=O)N(CCCCCCN(Cc1ccccc1)C(=O)OC(C)(C)C)CCCCCC(=O)OC[C@@H]1O[C@H](n2ccc(N)nc2=O)CS1. The molecular weight excluding hydrogens is 675 g/mol. The number of amides is 2. The summed E-state index contributed by atoms with van der Waals surface area (Å²) in [5, 5.41) is 0. The van der Waals surface area contributed by atoms with Crippen LogP contribution in [0.25, 0.3) is 0 Å². The van der Waals surface area contributed by atoms with Crippen LogP contribution in [0.1, 0.15) is 105 Å². The number of nitrogens with two attached hydrogens (primary N) is 1. The van der Waals surface area contributed by atoms with E-state index in [0.29, 0.717) is 38.4 Å². The van der Waals surface area contributed by atoms with E-state index in [9.17, 15) is 19.2 Å². The summed E-state index contributed by atoms with van der Waals surface area (Å²) in [6.45, 7) is 13.4. The molecule has 0 bridgehead atoms. The third-order valence-electron chi connectivity index (χ3n) is 7.71. The van der Waals surface area contributed by atoms with Crippen molar-refractivity contribution in [2.24, 2.45) is 0 Å². The second kappa shape index (κ2) is 20.3. The van der Waals surface area contributed by atoms with Crippen molar-refractivity contribution in [1.82, 2.24) is 19.4 Å². The Morgan fingerprint density at radius 2 is 1.43 bits per heavy atom.